The summed E-state index contributed by atoms with van der Waals surface area (Å²) in [7, 11) is 0. The molecule has 2 rings (SSSR count). The van der Waals surface area contributed by atoms with Gasteiger partial charge in [0.25, 0.3) is 0 Å². The molecule has 15 heavy (non-hydrogen) atoms. The number of halogens is 1. The number of piperidine rings is 1. The van der Waals surface area contributed by atoms with Gasteiger partial charge in [-0.3, -0.25) is 0 Å². The molecule has 1 aromatic heterocycles. The van der Waals surface area contributed by atoms with Gasteiger partial charge in [-0.15, -0.1) is 0 Å². The van der Waals surface area contributed by atoms with Gasteiger partial charge in [0.15, 0.2) is 11.0 Å². The topological polar surface area (TPSA) is 37.8 Å². The molecule has 1 aliphatic heterocycles. The second-order valence-corrected chi connectivity index (χ2v) is 4.63. The van der Waals surface area contributed by atoms with Crippen LogP contribution >= 0.6 is 11.8 Å². The molecule has 0 aromatic carbocycles. The predicted molar refractivity (Wildman–Crippen MR) is 58.4 cm³/mol. The van der Waals surface area contributed by atoms with Gasteiger partial charge in [0.1, 0.15) is 0 Å². The molecule has 0 unspecified atom stereocenters. The summed E-state index contributed by atoms with van der Waals surface area (Å²) in [4.78, 5) is 7.82. The maximum Gasteiger partial charge on any atom is 0.187 e. The van der Waals surface area contributed by atoms with Crippen molar-refractivity contribution in [2.45, 2.75) is 30.5 Å². The molecule has 82 valence electrons. The minimum atomic E-state index is -0.379. The first-order valence-corrected chi connectivity index (χ1v) is 6.17. The number of aromatic nitrogens is 2. The molecule has 1 saturated heterocycles. The summed E-state index contributed by atoms with van der Waals surface area (Å²) in [5.41, 5.74) is 0. The van der Waals surface area contributed by atoms with Crippen molar-refractivity contribution >= 4 is 11.8 Å². The highest BCUT2D eigenvalue weighted by atomic mass is 32.2. The highest BCUT2D eigenvalue weighted by Gasteiger charge is 2.13. The van der Waals surface area contributed by atoms with Gasteiger partial charge in [-0.25, -0.2) is 14.4 Å². The summed E-state index contributed by atoms with van der Waals surface area (Å²) in [6, 6.07) is 0.553. The van der Waals surface area contributed by atoms with Crippen LogP contribution in [-0.2, 0) is 0 Å². The summed E-state index contributed by atoms with van der Waals surface area (Å²) in [6.45, 7) is 1.11. The van der Waals surface area contributed by atoms with Crippen LogP contribution < -0.4 is 5.32 Å². The monoisotopic (exact) mass is 227 g/mol. The van der Waals surface area contributed by atoms with E-state index < -0.39 is 0 Å². The smallest absolute Gasteiger partial charge is 0.187 e. The van der Waals surface area contributed by atoms with E-state index in [2.05, 4.69) is 15.3 Å². The Labute approximate surface area is 92.9 Å². The van der Waals surface area contributed by atoms with Crippen LogP contribution in [0, 0.1) is 5.82 Å². The molecule has 1 aliphatic rings. The van der Waals surface area contributed by atoms with Gasteiger partial charge in [0, 0.05) is 11.8 Å². The van der Waals surface area contributed by atoms with Crippen LogP contribution in [0.5, 0.6) is 0 Å². The Balaban J connectivity index is 1.79. The fourth-order valence-corrected chi connectivity index (χ4v) is 2.51. The number of hydrogen-bond acceptors (Lipinski definition) is 4. The zero-order valence-corrected chi connectivity index (χ0v) is 9.26. The molecule has 1 aromatic rings. The van der Waals surface area contributed by atoms with Crippen LogP contribution in [-0.4, -0.2) is 28.3 Å². The summed E-state index contributed by atoms with van der Waals surface area (Å²) in [6.07, 6.45) is 6.21. The van der Waals surface area contributed by atoms with Crippen LogP contribution in [0.25, 0.3) is 0 Å². The molecule has 5 heteroatoms. The molecule has 0 bridgehead atoms. The third-order valence-corrected chi connectivity index (χ3v) is 3.46. The van der Waals surface area contributed by atoms with Gasteiger partial charge < -0.3 is 5.32 Å². The molecule has 1 fully saturated rings. The Morgan fingerprint density at radius 3 is 2.87 bits per heavy atom. The van der Waals surface area contributed by atoms with Crippen molar-refractivity contribution in [3.63, 3.8) is 0 Å². The second-order valence-electron chi connectivity index (χ2n) is 3.64. The van der Waals surface area contributed by atoms with Gasteiger partial charge >= 0.3 is 0 Å². The first-order chi connectivity index (χ1) is 7.34. The number of rotatable bonds is 3. The van der Waals surface area contributed by atoms with Gasteiger partial charge in [0.2, 0.25) is 0 Å². The average Bonchev–Trinajstić information content (AvgIpc) is 2.30. The first kappa shape index (κ1) is 10.8. The summed E-state index contributed by atoms with van der Waals surface area (Å²) in [5.74, 6) is 0.584. The van der Waals surface area contributed by atoms with Crippen molar-refractivity contribution in [2.75, 3.05) is 12.3 Å². The van der Waals surface area contributed by atoms with Crippen LogP contribution in [0.15, 0.2) is 17.6 Å². The highest BCUT2D eigenvalue weighted by molar-refractivity contribution is 7.99. The lowest BCUT2D eigenvalue weighted by atomic mass is 10.1. The van der Waals surface area contributed by atoms with Crippen LogP contribution in [0.3, 0.4) is 0 Å². The third kappa shape index (κ3) is 3.43. The Bertz CT molecular complexity index is 298. The molecular formula is C10H14FN3S. The highest BCUT2D eigenvalue weighted by Crippen LogP contribution is 2.17. The Morgan fingerprint density at radius 2 is 2.20 bits per heavy atom. The summed E-state index contributed by atoms with van der Waals surface area (Å²) in [5, 5.41) is 4.11. The fraction of sp³-hybridized carbons (Fsp3) is 0.600. The molecular weight excluding hydrogens is 213 g/mol. The van der Waals surface area contributed by atoms with Crippen molar-refractivity contribution in [2.24, 2.45) is 0 Å². The first-order valence-electron chi connectivity index (χ1n) is 5.18. The minimum absolute atomic E-state index is 0.379. The zero-order valence-electron chi connectivity index (χ0n) is 8.45. The van der Waals surface area contributed by atoms with Crippen molar-refractivity contribution in [3.05, 3.63) is 18.2 Å². The molecule has 2 heterocycles. The Morgan fingerprint density at radius 1 is 1.40 bits per heavy atom. The molecule has 1 atom stereocenters. The van der Waals surface area contributed by atoms with Gasteiger partial charge in [0.05, 0.1) is 12.4 Å². The van der Waals surface area contributed by atoms with E-state index in [1.807, 2.05) is 0 Å². The predicted octanol–water partition coefficient (Wildman–Crippen LogP) is 1.85. The number of thioether (sulfide) groups is 1. The van der Waals surface area contributed by atoms with Crippen LogP contribution in [0.4, 0.5) is 4.39 Å². The van der Waals surface area contributed by atoms with E-state index in [0.717, 1.165) is 12.3 Å². The molecule has 3 nitrogen and oxygen atoms in total. The lowest BCUT2D eigenvalue weighted by molar-refractivity contribution is 0.429. The van der Waals surface area contributed by atoms with Crippen molar-refractivity contribution < 1.29 is 4.39 Å². The molecule has 0 saturated carbocycles. The van der Waals surface area contributed by atoms with Gasteiger partial charge in [-0.1, -0.05) is 18.2 Å². The van der Waals surface area contributed by atoms with Crippen LogP contribution in [0.2, 0.25) is 0 Å². The van der Waals surface area contributed by atoms with Crippen LogP contribution in [0.1, 0.15) is 19.3 Å². The second kappa shape index (κ2) is 5.42. The quantitative estimate of drug-likeness (QED) is 0.631. The molecule has 0 aliphatic carbocycles. The van der Waals surface area contributed by atoms with E-state index in [0.29, 0.717) is 11.2 Å². The zero-order chi connectivity index (χ0) is 10.5. The Kier molecular flexibility index (Phi) is 3.91. The lowest BCUT2D eigenvalue weighted by Gasteiger charge is -2.22. The van der Waals surface area contributed by atoms with E-state index in [1.54, 1.807) is 11.8 Å². The maximum absolute atomic E-state index is 12.5. The van der Waals surface area contributed by atoms with E-state index in [9.17, 15) is 4.39 Å². The molecule has 0 radical (unpaired) electrons. The molecule has 0 amide bonds. The molecule has 0 spiro atoms. The van der Waals surface area contributed by atoms with E-state index >= 15 is 0 Å². The number of hydrogen-bond donors (Lipinski definition) is 1. The number of nitrogens with zero attached hydrogens (tertiary/aromatic N) is 2. The lowest BCUT2D eigenvalue weighted by Crippen LogP contribution is -2.35. The number of nitrogens with one attached hydrogen (secondary N) is 1. The van der Waals surface area contributed by atoms with Gasteiger partial charge in [-0.05, 0) is 19.4 Å². The standard InChI is InChI=1S/C10H14FN3S/c11-8-5-13-10(14-6-8)15-7-9-3-1-2-4-12-9/h5-6,9,12H,1-4,7H2/t9-/m0/s1. The normalized spacial score (nSPS) is 21.5. The van der Waals surface area contributed by atoms with E-state index in [-0.39, 0.29) is 5.82 Å². The van der Waals surface area contributed by atoms with Crippen molar-refractivity contribution in [3.8, 4) is 0 Å². The third-order valence-electron chi connectivity index (χ3n) is 2.42. The SMILES string of the molecule is Fc1cnc(SC[C@@H]2CCCCN2)nc1. The van der Waals surface area contributed by atoms with Crippen molar-refractivity contribution in [1.82, 2.24) is 15.3 Å². The van der Waals surface area contributed by atoms with E-state index in [4.69, 9.17) is 0 Å². The van der Waals surface area contributed by atoms with Gasteiger partial charge in [-0.2, -0.15) is 0 Å². The largest absolute Gasteiger partial charge is 0.313 e. The summed E-state index contributed by atoms with van der Waals surface area (Å²) >= 11 is 1.58. The molecule has 1 N–H and O–H groups in total. The Hall–Kier alpha value is -0.680. The maximum atomic E-state index is 12.5. The summed E-state index contributed by atoms with van der Waals surface area (Å²) < 4.78 is 12.5. The van der Waals surface area contributed by atoms with E-state index in [1.165, 1.54) is 31.7 Å². The fourth-order valence-electron chi connectivity index (χ4n) is 1.62. The average molecular weight is 227 g/mol. The van der Waals surface area contributed by atoms with Crippen molar-refractivity contribution in [1.29, 1.82) is 0 Å². The minimum Gasteiger partial charge on any atom is -0.313 e.